The Kier molecular flexibility index (Phi) is 1.43. The van der Waals surface area contributed by atoms with E-state index < -0.39 is 0 Å². The molecule has 0 amide bonds. The van der Waals surface area contributed by atoms with Crippen molar-refractivity contribution in [2.45, 2.75) is 13.1 Å². The lowest BCUT2D eigenvalue weighted by molar-refractivity contribution is 0.684. The van der Waals surface area contributed by atoms with Crippen molar-refractivity contribution in [3.8, 4) is 0 Å². The first-order valence-corrected chi connectivity index (χ1v) is 4.71. The Bertz CT molecular complexity index is 473. The molecule has 66 valence electrons. The fraction of sp³-hybridized carbons (Fsp3) is 0.200. The van der Waals surface area contributed by atoms with E-state index in [-0.39, 0.29) is 0 Å². The molecule has 0 saturated heterocycles. The maximum absolute atomic E-state index is 5.99. The van der Waals surface area contributed by atoms with Crippen LogP contribution in [0.25, 0.3) is 10.9 Å². The van der Waals surface area contributed by atoms with E-state index >= 15 is 0 Å². The van der Waals surface area contributed by atoms with Crippen molar-refractivity contribution >= 4 is 22.5 Å². The third-order valence-corrected chi connectivity index (χ3v) is 2.76. The van der Waals surface area contributed by atoms with Gasteiger partial charge in [-0.25, -0.2) is 0 Å². The smallest absolute Gasteiger partial charge is 0.0475 e. The first-order chi connectivity index (χ1) is 6.34. The van der Waals surface area contributed by atoms with E-state index in [0.717, 1.165) is 23.6 Å². The molecule has 1 aliphatic heterocycles. The molecule has 0 radical (unpaired) electrons. The SMILES string of the molecule is Clc1cc2c3c(c[nH]c3c1)CNC2. The quantitative estimate of drug-likeness (QED) is 0.659. The second kappa shape index (κ2) is 2.50. The monoisotopic (exact) mass is 192 g/mol. The summed E-state index contributed by atoms with van der Waals surface area (Å²) in [5.74, 6) is 0. The molecule has 2 aromatic rings. The van der Waals surface area contributed by atoms with Gasteiger partial charge in [0.05, 0.1) is 0 Å². The summed E-state index contributed by atoms with van der Waals surface area (Å²) in [6.07, 6.45) is 2.05. The lowest BCUT2D eigenvalue weighted by Gasteiger charge is -2.13. The van der Waals surface area contributed by atoms with Crippen LogP contribution in [0.3, 0.4) is 0 Å². The molecule has 1 aromatic carbocycles. The summed E-state index contributed by atoms with van der Waals surface area (Å²) in [5.41, 5.74) is 3.79. The average molecular weight is 193 g/mol. The van der Waals surface area contributed by atoms with E-state index in [2.05, 4.69) is 16.5 Å². The highest BCUT2D eigenvalue weighted by molar-refractivity contribution is 6.31. The minimum Gasteiger partial charge on any atom is -0.361 e. The number of rotatable bonds is 0. The van der Waals surface area contributed by atoms with Crippen LogP contribution in [-0.2, 0) is 13.1 Å². The zero-order valence-electron chi connectivity index (χ0n) is 7.02. The second-order valence-corrected chi connectivity index (χ2v) is 3.84. The summed E-state index contributed by atoms with van der Waals surface area (Å²) in [6.45, 7) is 1.87. The molecule has 0 unspecified atom stereocenters. The van der Waals surface area contributed by atoms with Crippen molar-refractivity contribution in [1.82, 2.24) is 10.3 Å². The van der Waals surface area contributed by atoms with Crippen molar-refractivity contribution < 1.29 is 0 Å². The number of H-pyrrole nitrogens is 1. The molecule has 0 aliphatic carbocycles. The van der Waals surface area contributed by atoms with Gasteiger partial charge in [-0.2, -0.15) is 0 Å². The van der Waals surface area contributed by atoms with E-state index in [1.807, 2.05) is 12.1 Å². The molecular formula is C10H9ClN2. The first kappa shape index (κ1) is 7.42. The lowest BCUT2D eigenvalue weighted by Crippen LogP contribution is -2.17. The van der Waals surface area contributed by atoms with Gasteiger partial charge in [0.1, 0.15) is 0 Å². The highest BCUT2D eigenvalue weighted by Gasteiger charge is 2.13. The minimum atomic E-state index is 0.805. The van der Waals surface area contributed by atoms with Gasteiger partial charge in [0.2, 0.25) is 0 Å². The molecule has 0 saturated carbocycles. The molecule has 0 spiro atoms. The predicted molar refractivity (Wildman–Crippen MR) is 53.9 cm³/mol. The summed E-state index contributed by atoms with van der Waals surface area (Å²) in [5, 5.41) is 5.49. The fourth-order valence-electron chi connectivity index (χ4n) is 2.00. The van der Waals surface area contributed by atoms with E-state index in [9.17, 15) is 0 Å². The van der Waals surface area contributed by atoms with Crippen molar-refractivity contribution in [1.29, 1.82) is 0 Å². The average Bonchev–Trinajstić information content (AvgIpc) is 2.50. The third-order valence-electron chi connectivity index (χ3n) is 2.54. The van der Waals surface area contributed by atoms with Crippen LogP contribution in [0.1, 0.15) is 11.1 Å². The second-order valence-electron chi connectivity index (χ2n) is 3.40. The highest BCUT2D eigenvalue weighted by Crippen LogP contribution is 2.28. The zero-order chi connectivity index (χ0) is 8.84. The largest absolute Gasteiger partial charge is 0.361 e. The molecule has 1 aliphatic rings. The zero-order valence-corrected chi connectivity index (χ0v) is 7.78. The molecular weight excluding hydrogens is 184 g/mol. The molecule has 3 heteroatoms. The van der Waals surface area contributed by atoms with E-state index in [0.29, 0.717) is 0 Å². The highest BCUT2D eigenvalue weighted by atomic mass is 35.5. The van der Waals surface area contributed by atoms with Crippen molar-refractivity contribution in [3.05, 3.63) is 34.5 Å². The number of hydrogen-bond donors (Lipinski definition) is 2. The normalized spacial score (nSPS) is 15.2. The molecule has 2 N–H and O–H groups in total. The first-order valence-electron chi connectivity index (χ1n) is 4.34. The number of halogens is 1. The molecule has 0 atom stereocenters. The minimum absolute atomic E-state index is 0.805. The summed E-state index contributed by atoms with van der Waals surface area (Å²) in [6, 6.07) is 4.02. The fourth-order valence-corrected chi connectivity index (χ4v) is 2.24. The topological polar surface area (TPSA) is 27.8 Å². The molecule has 3 rings (SSSR count). The van der Waals surface area contributed by atoms with Gasteiger partial charge in [-0.05, 0) is 23.3 Å². The maximum Gasteiger partial charge on any atom is 0.0475 e. The summed E-state index contributed by atoms with van der Waals surface area (Å²) >= 11 is 5.99. The number of aromatic nitrogens is 1. The van der Waals surface area contributed by atoms with Crippen LogP contribution in [0.5, 0.6) is 0 Å². The van der Waals surface area contributed by atoms with E-state index in [1.54, 1.807) is 0 Å². The predicted octanol–water partition coefficient (Wildman–Crippen LogP) is 2.42. The Morgan fingerprint density at radius 2 is 2.00 bits per heavy atom. The van der Waals surface area contributed by atoms with Crippen LogP contribution < -0.4 is 5.32 Å². The Morgan fingerprint density at radius 3 is 2.92 bits per heavy atom. The van der Waals surface area contributed by atoms with Gasteiger partial charge in [-0.15, -0.1) is 0 Å². The molecule has 0 fully saturated rings. The van der Waals surface area contributed by atoms with Crippen molar-refractivity contribution in [2.75, 3.05) is 0 Å². The van der Waals surface area contributed by atoms with E-state index in [1.165, 1.54) is 16.5 Å². The summed E-state index contributed by atoms with van der Waals surface area (Å²) < 4.78 is 0. The molecule has 13 heavy (non-hydrogen) atoms. The maximum atomic E-state index is 5.99. The van der Waals surface area contributed by atoms with Gasteiger partial charge in [0.15, 0.2) is 0 Å². The Morgan fingerprint density at radius 1 is 1.15 bits per heavy atom. The molecule has 0 bridgehead atoms. The van der Waals surface area contributed by atoms with E-state index in [4.69, 9.17) is 11.6 Å². The van der Waals surface area contributed by atoms with Crippen LogP contribution in [0, 0.1) is 0 Å². The van der Waals surface area contributed by atoms with Crippen LogP contribution in [-0.4, -0.2) is 4.98 Å². The Hall–Kier alpha value is -0.990. The van der Waals surface area contributed by atoms with Crippen LogP contribution >= 0.6 is 11.6 Å². The lowest BCUT2D eigenvalue weighted by atomic mass is 10.0. The van der Waals surface area contributed by atoms with Gasteiger partial charge >= 0.3 is 0 Å². The number of nitrogens with one attached hydrogen (secondary N) is 2. The summed E-state index contributed by atoms with van der Waals surface area (Å²) in [7, 11) is 0. The van der Waals surface area contributed by atoms with Crippen molar-refractivity contribution in [2.24, 2.45) is 0 Å². The molecule has 2 nitrogen and oxygen atoms in total. The number of hydrogen-bond acceptors (Lipinski definition) is 1. The van der Waals surface area contributed by atoms with Gasteiger partial charge in [-0.1, -0.05) is 11.6 Å². The number of aromatic amines is 1. The van der Waals surface area contributed by atoms with Gasteiger partial charge in [0, 0.05) is 35.2 Å². The van der Waals surface area contributed by atoms with Gasteiger partial charge in [-0.3, -0.25) is 0 Å². The van der Waals surface area contributed by atoms with Gasteiger partial charge in [0.25, 0.3) is 0 Å². The Labute approximate surface area is 80.9 Å². The van der Waals surface area contributed by atoms with Gasteiger partial charge < -0.3 is 10.3 Å². The van der Waals surface area contributed by atoms with Crippen molar-refractivity contribution in [3.63, 3.8) is 0 Å². The standard InChI is InChI=1S/C10H9ClN2/c11-8-1-6-3-12-4-7-5-13-9(2-8)10(6)7/h1-2,5,12-13H,3-4H2. The van der Waals surface area contributed by atoms with Crippen LogP contribution in [0.15, 0.2) is 18.3 Å². The Balaban J connectivity index is 2.47. The van der Waals surface area contributed by atoms with Crippen LogP contribution in [0.4, 0.5) is 0 Å². The molecule has 2 heterocycles. The molecule has 1 aromatic heterocycles. The summed E-state index contributed by atoms with van der Waals surface area (Å²) in [4.78, 5) is 3.24. The van der Waals surface area contributed by atoms with Crippen LogP contribution in [0.2, 0.25) is 5.02 Å². The number of benzene rings is 1. The third kappa shape index (κ3) is 0.992.